The summed E-state index contributed by atoms with van der Waals surface area (Å²) in [5, 5.41) is 38.2. The number of hydrogen-bond acceptors (Lipinski definition) is 8. The minimum atomic E-state index is -1.17. The van der Waals surface area contributed by atoms with Crippen LogP contribution in [-0.2, 0) is 23.7 Å². The number of rotatable bonds is 5. The maximum atomic E-state index is 10.9. The molecule has 0 aromatic carbocycles. The molecule has 4 N–H and O–H groups in total. The third-order valence-electron chi connectivity index (χ3n) is 3.79. The molecule has 2 saturated heterocycles. The van der Waals surface area contributed by atoms with Gasteiger partial charge in [0.1, 0.15) is 12.2 Å². The quantitative estimate of drug-likeness (QED) is 0.473. The van der Waals surface area contributed by atoms with E-state index in [0.29, 0.717) is 0 Å². The maximum Gasteiger partial charge on any atom is 0.333 e. The fourth-order valence-corrected chi connectivity index (χ4v) is 2.53. The van der Waals surface area contributed by atoms with Gasteiger partial charge in [0.05, 0.1) is 18.8 Å². The third kappa shape index (κ3) is 4.35. The summed E-state index contributed by atoms with van der Waals surface area (Å²) in [6, 6.07) is 0. The zero-order valence-corrected chi connectivity index (χ0v) is 12.2. The van der Waals surface area contributed by atoms with Crippen molar-refractivity contribution in [2.45, 2.75) is 62.4 Å². The van der Waals surface area contributed by atoms with Crippen LogP contribution in [0.15, 0.2) is 0 Å². The molecule has 22 heavy (non-hydrogen) atoms. The van der Waals surface area contributed by atoms with Crippen molar-refractivity contribution in [1.29, 1.82) is 0 Å². The molecule has 2 heterocycles. The summed E-state index contributed by atoms with van der Waals surface area (Å²) in [5.41, 5.74) is 0. The second-order valence-electron chi connectivity index (χ2n) is 5.48. The van der Waals surface area contributed by atoms with Crippen molar-refractivity contribution in [2.75, 3.05) is 13.7 Å². The lowest BCUT2D eigenvalue weighted by Gasteiger charge is -2.37. The first kappa shape index (κ1) is 17.5. The number of ether oxygens (including phenoxy) is 4. The van der Waals surface area contributed by atoms with Gasteiger partial charge in [-0.3, -0.25) is 0 Å². The maximum absolute atomic E-state index is 10.9. The van der Waals surface area contributed by atoms with Gasteiger partial charge < -0.3 is 39.4 Å². The van der Waals surface area contributed by atoms with Crippen LogP contribution in [0, 0.1) is 0 Å². The van der Waals surface area contributed by atoms with Crippen molar-refractivity contribution >= 4 is 5.97 Å². The highest BCUT2D eigenvalue weighted by Crippen LogP contribution is 2.24. The lowest BCUT2D eigenvalue weighted by atomic mass is 10.0. The molecule has 2 fully saturated rings. The van der Waals surface area contributed by atoms with Crippen LogP contribution in [-0.4, -0.2) is 83.2 Å². The lowest BCUT2D eigenvalue weighted by Crippen LogP contribution is -2.51. The summed E-state index contributed by atoms with van der Waals surface area (Å²) in [6.45, 7) is -0.123. The van der Waals surface area contributed by atoms with Gasteiger partial charge in [0.15, 0.2) is 18.7 Å². The van der Waals surface area contributed by atoms with E-state index in [0.717, 1.165) is 0 Å². The van der Waals surface area contributed by atoms with Gasteiger partial charge in [-0.25, -0.2) is 4.79 Å². The minimum Gasteiger partial charge on any atom is -0.479 e. The zero-order valence-electron chi connectivity index (χ0n) is 12.2. The molecule has 0 amide bonds. The van der Waals surface area contributed by atoms with E-state index in [1.165, 1.54) is 7.11 Å². The number of carbonyl (C=O) groups is 1. The summed E-state index contributed by atoms with van der Waals surface area (Å²) in [4.78, 5) is 10.9. The van der Waals surface area contributed by atoms with Crippen molar-refractivity contribution in [3.8, 4) is 0 Å². The Morgan fingerprint density at radius 2 is 1.86 bits per heavy atom. The van der Waals surface area contributed by atoms with E-state index in [9.17, 15) is 20.1 Å². The molecule has 3 unspecified atom stereocenters. The van der Waals surface area contributed by atoms with Crippen molar-refractivity contribution in [1.82, 2.24) is 0 Å². The monoisotopic (exact) mass is 322 g/mol. The Morgan fingerprint density at radius 1 is 1.14 bits per heavy atom. The fourth-order valence-electron chi connectivity index (χ4n) is 2.53. The van der Waals surface area contributed by atoms with Gasteiger partial charge in [0.25, 0.3) is 0 Å². The molecule has 128 valence electrons. The SMILES string of the molecule is CO[C@@H]1CC(O)[C@H](O)C(COC2C[C@@H](O)C[C@@H](C(=O)O)O2)O1. The van der Waals surface area contributed by atoms with Gasteiger partial charge in [-0.15, -0.1) is 0 Å². The largest absolute Gasteiger partial charge is 0.479 e. The third-order valence-corrected chi connectivity index (χ3v) is 3.79. The molecule has 0 bridgehead atoms. The fraction of sp³-hybridized carbons (Fsp3) is 0.923. The highest BCUT2D eigenvalue weighted by Gasteiger charge is 2.39. The summed E-state index contributed by atoms with van der Waals surface area (Å²) in [6.07, 6.45) is -6.25. The molecule has 0 aromatic rings. The van der Waals surface area contributed by atoms with Gasteiger partial charge in [-0.1, -0.05) is 0 Å². The Labute approximate surface area is 127 Å². The Bertz CT molecular complexity index is 377. The molecule has 7 atom stereocenters. The van der Waals surface area contributed by atoms with Crippen LogP contribution in [0.4, 0.5) is 0 Å². The number of hydrogen-bond donors (Lipinski definition) is 4. The van der Waals surface area contributed by atoms with Crippen LogP contribution in [0.5, 0.6) is 0 Å². The normalized spacial score (nSPS) is 43.0. The number of carboxylic acids is 1. The number of aliphatic hydroxyl groups is 3. The molecular formula is C13H22O9. The zero-order chi connectivity index (χ0) is 16.3. The topological polar surface area (TPSA) is 135 Å². The molecule has 9 heteroatoms. The Balaban J connectivity index is 1.86. The van der Waals surface area contributed by atoms with Gasteiger partial charge in [0.2, 0.25) is 0 Å². The minimum absolute atomic E-state index is 0.00219. The van der Waals surface area contributed by atoms with Crippen LogP contribution in [0.2, 0.25) is 0 Å². The Morgan fingerprint density at radius 3 is 2.50 bits per heavy atom. The molecule has 9 nitrogen and oxygen atoms in total. The first-order valence-electron chi connectivity index (χ1n) is 7.13. The van der Waals surface area contributed by atoms with Crippen LogP contribution < -0.4 is 0 Å². The number of methoxy groups -OCH3 is 1. The van der Waals surface area contributed by atoms with E-state index >= 15 is 0 Å². The molecule has 2 aliphatic heterocycles. The summed E-state index contributed by atoms with van der Waals surface area (Å²) >= 11 is 0. The first-order chi connectivity index (χ1) is 10.4. The van der Waals surface area contributed by atoms with E-state index in [-0.39, 0.29) is 25.9 Å². The van der Waals surface area contributed by atoms with Gasteiger partial charge >= 0.3 is 5.97 Å². The molecule has 0 aliphatic carbocycles. The van der Waals surface area contributed by atoms with Crippen molar-refractivity contribution in [3.05, 3.63) is 0 Å². The van der Waals surface area contributed by atoms with E-state index in [4.69, 9.17) is 24.1 Å². The van der Waals surface area contributed by atoms with Gasteiger partial charge in [-0.05, 0) is 0 Å². The van der Waals surface area contributed by atoms with Crippen LogP contribution >= 0.6 is 0 Å². The predicted molar refractivity (Wildman–Crippen MR) is 69.8 cm³/mol. The highest BCUT2D eigenvalue weighted by atomic mass is 16.7. The van der Waals surface area contributed by atoms with Gasteiger partial charge in [-0.2, -0.15) is 0 Å². The standard InChI is InChI=1S/C13H22O9/c1-19-10-4-7(15)12(16)9(22-10)5-20-11-3-6(14)2-8(21-11)13(17)18/h6-12,14-16H,2-5H2,1H3,(H,17,18)/t6-,7?,8-,9?,10-,11?,12-/m0/s1. The smallest absolute Gasteiger partial charge is 0.333 e. The number of aliphatic hydroxyl groups excluding tert-OH is 3. The number of aliphatic carboxylic acids is 1. The predicted octanol–water partition coefficient (Wildman–Crippen LogP) is -1.56. The molecule has 0 saturated carbocycles. The van der Waals surface area contributed by atoms with Crippen LogP contribution in [0.25, 0.3) is 0 Å². The summed E-state index contributed by atoms with van der Waals surface area (Å²) in [7, 11) is 1.42. The Kier molecular flexibility index (Phi) is 6.09. The Hall–Kier alpha value is -0.810. The van der Waals surface area contributed by atoms with Crippen LogP contribution in [0.3, 0.4) is 0 Å². The van der Waals surface area contributed by atoms with Crippen molar-refractivity contribution in [2.24, 2.45) is 0 Å². The van der Waals surface area contributed by atoms with E-state index in [2.05, 4.69) is 0 Å². The number of carboxylic acid groups (broad SMARTS) is 1. The lowest BCUT2D eigenvalue weighted by molar-refractivity contribution is -0.275. The second-order valence-corrected chi connectivity index (χ2v) is 5.48. The van der Waals surface area contributed by atoms with E-state index < -0.39 is 49.1 Å². The van der Waals surface area contributed by atoms with Gasteiger partial charge in [0, 0.05) is 26.4 Å². The molecule has 2 aliphatic rings. The molecular weight excluding hydrogens is 300 g/mol. The molecule has 2 rings (SSSR count). The van der Waals surface area contributed by atoms with E-state index in [1.807, 2.05) is 0 Å². The highest BCUT2D eigenvalue weighted by molar-refractivity contribution is 5.72. The van der Waals surface area contributed by atoms with Crippen molar-refractivity contribution < 1.29 is 44.2 Å². The molecule has 0 aromatic heterocycles. The average Bonchev–Trinajstić information content (AvgIpc) is 2.48. The van der Waals surface area contributed by atoms with Crippen molar-refractivity contribution in [3.63, 3.8) is 0 Å². The average molecular weight is 322 g/mol. The first-order valence-corrected chi connectivity index (χ1v) is 7.13. The second kappa shape index (κ2) is 7.64. The molecule has 0 spiro atoms. The molecule has 0 radical (unpaired) electrons. The van der Waals surface area contributed by atoms with E-state index in [1.54, 1.807) is 0 Å². The summed E-state index contributed by atoms with van der Waals surface area (Å²) < 4.78 is 21.0. The van der Waals surface area contributed by atoms with Crippen LogP contribution in [0.1, 0.15) is 19.3 Å². The summed E-state index contributed by atoms with van der Waals surface area (Å²) in [5.74, 6) is -1.17.